The molecule has 1 heteroatoms. The van der Waals surface area contributed by atoms with E-state index in [0.29, 0.717) is 0 Å². The van der Waals surface area contributed by atoms with Crippen molar-refractivity contribution in [2.75, 3.05) is 0 Å². The first kappa shape index (κ1) is 15.4. The monoisotopic (exact) mass is 228 g/mol. The van der Waals surface area contributed by atoms with Crippen LogP contribution in [-0.4, -0.2) is 0 Å². The van der Waals surface area contributed by atoms with E-state index in [1.807, 2.05) is 60.7 Å². The molecule has 0 saturated heterocycles. The van der Waals surface area contributed by atoms with Crippen LogP contribution in [0.4, 0.5) is 0 Å². The summed E-state index contributed by atoms with van der Waals surface area (Å²) in [6.07, 6.45) is 1.83. The van der Waals surface area contributed by atoms with Gasteiger partial charge in [0.1, 0.15) is 0 Å². The van der Waals surface area contributed by atoms with Crippen molar-refractivity contribution in [3.8, 4) is 0 Å². The van der Waals surface area contributed by atoms with Crippen LogP contribution in [0.2, 0.25) is 0 Å². The molecule has 0 N–H and O–H groups in total. The first-order valence-corrected chi connectivity index (χ1v) is 3.94. The van der Waals surface area contributed by atoms with Crippen LogP contribution in [0.1, 0.15) is 13.0 Å². The minimum Gasteiger partial charge on any atom is -0.748 e. The second-order valence-electron chi connectivity index (χ2n) is 2.38. The summed E-state index contributed by atoms with van der Waals surface area (Å²) in [6.45, 7) is 3.60. The minimum absolute atomic E-state index is 0. The van der Waals surface area contributed by atoms with Crippen LogP contribution in [-0.2, 0) is 17.1 Å². The summed E-state index contributed by atoms with van der Waals surface area (Å²) < 4.78 is 0. The first-order chi connectivity index (χ1) is 5.93. The van der Waals surface area contributed by atoms with Gasteiger partial charge in [-0.1, -0.05) is 7.43 Å². The van der Waals surface area contributed by atoms with E-state index >= 15 is 0 Å². The summed E-state index contributed by atoms with van der Waals surface area (Å²) in [7, 11) is 0. The third kappa shape index (κ3) is 6.47. The van der Waals surface area contributed by atoms with E-state index in [1.54, 1.807) is 0 Å². The predicted octanol–water partition coefficient (Wildman–Crippen LogP) is 4.09. The maximum absolute atomic E-state index is 3.60. The predicted molar refractivity (Wildman–Crippen MR) is 60.9 cm³/mol. The third-order valence-corrected chi connectivity index (χ3v) is 1.48. The molecule has 0 atom stereocenters. The molecule has 0 bridgehead atoms. The summed E-state index contributed by atoms with van der Waals surface area (Å²) in [5, 5.41) is 0. The number of rotatable bonds is 1. The van der Waals surface area contributed by atoms with Crippen molar-refractivity contribution in [1.82, 2.24) is 0 Å². The maximum Gasteiger partial charge on any atom is 0 e. The average molecular weight is 228 g/mol. The molecule has 0 saturated carbocycles. The zero-order valence-electron chi connectivity index (χ0n) is 7.33. The summed E-state index contributed by atoms with van der Waals surface area (Å²) in [6, 6.07) is 18.0. The minimum atomic E-state index is 0. The van der Waals surface area contributed by atoms with E-state index in [0.717, 1.165) is 0 Å². The van der Waals surface area contributed by atoms with Gasteiger partial charge in [0.2, 0.25) is 0 Å². The van der Waals surface area contributed by atoms with E-state index in [1.165, 1.54) is 5.56 Å². The van der Waals surface area contributed by atoms with Crippen LogP contribution in [0.5, 0.6) is 0 Å². The van der Waals surface area contributed by atoms with Crippen LogP contribution < -0.4 is 0 Å². The molecular formula is C13H16Fe-6. The van der Waals surface area contributed by atoms with Crippen LogP contribution in [0.15, 0.2) is 61.2 Å². The zero-order valence-corrected chi connectivity index (χ0v) is 8.44. The first-order valence-electron chi connectivity index (χ1n) is 3.94. The van der Waals surface area contributed by atoms with Crippen molar-refractivity contribution in [3.05, 3.63) is 66.7 Å². The summed E-state index contributed by atoms with van der Waals surface area (Å²) in [4.78, 5) is 0. The van der Waals surface area contributed by atoms with E-state index in [-0.39, 0.29) is 24.5 Å². The maximum atomic E-state index is 3.60. The fraction of sp³-hybridized carbons (Fsp3) is 0.0769. The van der Waals surface area contributed by atoms with Crippen molar-refractivity contribution < 1.29 is 17.1 Å². The average Bonchev–Trinajstić information content (AvgIpc) is 2.81. The van der Waals surface area contributed by atoms with Crippen molar-refractivity contribution in [3.63, 3.8) is 0 Å². The summed E-state index contributed by atoms with van der Waals surface area (Å²) in [5.41, 5.74) is 1.19. The molecule has 2 rings (SSSR count). The molecule has 0 heterocycles. The Balaban J connectivity index is 0. The fourth-order valence-electron chi connectivity index (χ4n) is 0.846. The van der Waals surface area contributed by atoms with Gasteiger partial charge in [-0.2, -0.15) is 18.7 Å². The van der Waals surface area contributed by atoms with Crippen LogP contribution in [0, 0.1) is 0 Å². The largest absolute Gasteiger partial charge is 0.748 e. The molecule has 0 aliphatic rings. The fourth-order valence-corrected chi connectivity index (χ4v) is 0.846. The van der Waals surface area contributed by atoms with Gasteiger partial charge in [-0.15, -0.1) is 23.8 Å². The van der Waals surface area contributed by atoms with Crippen LogP contribution >= 0.6 is 0 Å². The Morgan fingerprint density at radius 3 is 1.50 bits per heavy atom. The Hall–Kier alpha value is -1.04. The van der Waals surface area contributed by atoms with E-state index in [9.17, 15) is 0 Å². The molecule has 0 spiro atoms. The van der Waals surface area contributed by atoms with Gasteiger partial charge < -0.3 is 30.3 Å². The van der Waals surface area contributed by atoms with Gasteiger partial charge in [-0.3, -0.25) is 0 Å². The van der Waals surface area contributed by atoms with Gasteiger partial charge in [0, 0.05) is 17.1 Å². The molecule has 0 radical (unpaired) electrons. The molecule has 0 fully saturated rings. The molecule has 0 aliphatic heterocycles. The van der Waals surface area contributed by atoms with Gasteiger partial charge >= 0.3 is 0 Å². The van der Waals surface area contributed by atoms with E-state index in [4.69, 9.17) is 0 Å². The number of hydrogen-bond donors (Lipinski definition) is 0. The van der Waals surface area contributed by atoms with Crippen LogP contribution in [0.25, 0.3) is 6.08 Å². The quantitative estimate of drug-likeness (QED) is 0.509. The zero-order chi connectivity index (χ0) is 8.65. The smallest absolute Gasteiger partial charge is 0 e. The van der Waals surface area contributed by atoms with Gasteiger partial charge in [0.25, 0.3) is 0 Å². The molecule has 0 aliphatic carbocycles. The Labute approximate surface area is 97.5 Å². The normalized spacial score (nSPS) is 7.14. The van der Waals surface area contributed by atoms with Gasteiger partial charge in [-0.05, 0) is 0 Å². The Bertz CT molecular complexity index is 260. The van der Waals surface area contributed by atoms with Gasteiger partial charge in [-0.25, -0.2) is 0 Å². The SMILES string of the molecule is C.C=C[c-]1cccc1.[Fe].[cH-]1[cH-][cH-][cH-][cH-]1. The molecule has 2 aromatic carbocycles. The molecular weight excluding hydrogens is 212 g/mol. The topological polar surface area (TPSA) is 0 Å². The molecule has 0 aromatic heterocycles. The second-order valence-corrected chi connectivity index (χ2v) is 2.38. The second kappa shape index (κ2) is 10.0. The van der Waals surface area contributed by atoms with Crippen molar-refractivity contribution in [2.24, 2.45) is 0 Å². The Morgan fingerprint density at radius 2 is 1.29 bits per heavy atom. The van der Waals surface area contributed by atoms with Crippen LogP contribution in [0.3, 0.4) is 0 Å². The van der Waals surface area contributed by atoms with Crippen molar-refractivity contribution in [2.45, 2.75) is 7.43 Å². The van der Waals surface area contributed by atoms with Crippen molar-refractivity contribution >= 4 is 6.08 Å². The molecule has 0 unspecified atom stereocenters. The molecule has 14 heavy (non-hydrogen) atoms. The molecule has 2 aromatic rings. The third-order valence-electron chi connectivity index (χ3n) is 1.48. The summed E-state index contributed by atoms with van der Waals surface area (Å²) in [5.74, 6) is 0. The Morgan fingerprint density at radius 1 is 0.929 bits per heavy atom. The summed E-state index contributed by atoms with van der Waals surface area (Å²) >= 11 is 0. The Kier molecular flexibility index (Phi) is 11.1. The van der Waals surface area contributed by atoms with Crippen molar-refractivity contribution in [1.29, 1.82) is 0 Å². The number of hydrogen-bond acceptors (Lipinski definition) is 0. The van der Waals surface area contributed by atoms with Gasteiger partial charge in [0.05, 0.1) is 0 Å². The van der Waals surface area contributed by atoms with E-state index in [2.05, 4.69) is 6.58 Å². The molecule has 82 valence electrons. The standard InChI is InChI=1S/C7H7.C5H5.CH4.Fe/c1-2-7-5-3-4-6-7;1-2-4-5-3-1;;/h2-6H,1H2;1-5H;1H4;/q-1;-5;;. The van der Waals surface area contributed by atoms with Gasteiger partial charge in [0.15, 0.2) is 0 Å². The van der Waals surface area contributed by atoms with E-state index < -0.39 is 0 Å². The molecule has 0 amide bonds. The molecule has 0 nitrogen and oxygen atoms in total.